The Labute approximate surface area is 131 Å². The summed E-state index contributed by atoms with van der Waals surface area (Å²) in [6.45, 7) is 0. The van der Waals surface area contributed by atoms with Gasteiger partial charge < -0.3 is 10.1 Å². The summed E-state index contributed by atoms with van der Waals surface area (Å²) >= 11 is 0. The van der Waals surface area contributed by atoms with Gasteiger partial charge in [-0.2, -0.15) is 0 Å². The van der Waals surface area contributed by atoms with E-state index in [1.807, 2.05) is 25.2 Å². The van der Waals surface area contributed by atoms with Gasteiger partial charge in [0.15, 0.2) is 0 Å². The van der Waals surface area contributed by atoms with Crippen molar-refractivity contribution in [2.75, 3.05) is 19.5 Å². The number of ether oxygens (including phenoxy) is 1. The first-order valence-corrected chi connectivity index (χ1v) is 7.34. The Balaban J connectivity index is 2.35. The molecule has 0 radical (unpaired) electrons. The number of benzene rings is 3. The van der Waals surface area contributed by atoms with Gasteiger partial charge in [-0.25, -0.2) is 0 Å². The number of methoxy groups -OCH3 is 1. The second kappa shape index (κ2) is 6.35. The third kappa shape index (κ3) is 2.56. The molecule has 110 valence electrons. The molecule has 0 aliphatic rings. The average molecular weight is 289 g/mol. The van der Waals surface area contributed by atoms with E-state index in [0.29, 0.717) is 0 Å². The summed E-state index contributed by atoms with van der Waals surface area (Å²) in [4.78, 5) is 0. The van der Waals surface area contributed by atoms with Gasteiger partial charge in [0, 0.05) is 23.9 Å². The fourth-order valence-corrected chi connectivity index (χ4v) is 2.76. The molecule has 0 saturated carbocycles. The van der Waals surface area contributed by atoms with Crippen LogP contribution in [-0.4, -0.2) is 14.2 Å². The molecule has 3 aromatic rings. The number of hydrogen-bond acceptors (Lipinski definition) is 2. The van der Waals surface area contributed by atoms with E-state index >= 15 is 0 Å². The van der Waals surface area contributed by atoms with Crippen LogP contribution in [0, 0.1) is 0 Å². The average Bonchev–Trinajstić information content (AvgIpc) is 2.61. The van der Waals surface area contributed by atoms with Crippen molar-refractivity contribution in [3.05, 3.63) is 72.8 Å². The van der Waals surface area contributed by atoms with Gasteiger partial charge in [0.1, 0.15) is 5.75 Å². The zero-order chi connectivity index (χ0) is 15.4. The number of rotatable bonds is 4. The molecule has 3 rings (SSSR count). The summed E-state index contributed by atoms with van der Waals surface area (Å²) < 4.78 is 5.63. The monoisotopic (exact) mass is 289 g/mol. The molecule has 3 aromatic carbocycles. The molecular formula is C20H19NO. The van der Waals surface area contributed by atoms with Crippen LogP contribution in [0.5, 0.6) is 5.75 Å². The Morgan fingerprint density at radius 1 is 0.682 bits per heavy atom. The molecule has 0 aliphatic carbocycles. The SMILES string of the molecule is CNc1ccc(OC)c(-c2ccccc2)c1-c1ccccc1. The highest BCUT2D eigenvalue weighted by atomic mass is 16.5. The first-order valence-electron chi connectivity index (χ1n) is 7.34. The minimum Gasteiger partial charge on any atom is -0.496 e. The third-order valence-electron chi connectivity index (χ3n) is 3.78. The van der Waals surface area contributed by atoms with Crippen molar-refractivity contribution in [3.63, 3.8) is 0 Å². The molecule has 0 atom stereocenters. The second-order valence-corrected chi connectivity index (χ2v) is 5.05. The van der Waals surface area contributed by atoms with Gasteiger partial charge in [0.25, 0.3) is 0 Å². The van der Waals surface area contributed by atoms with E-state index in [4.69, 9.17) is 4.74 Å². The summed E-state index contributed by atoms with van der Waals surface area (Å²) in [6.07, 6.45) is 0. The van der Waals surface area contributed by atoms with Gasteiger partial charge in [-0.15, -0.1) is 0 Å². The zero-order valence-corrected chi connectivity index (χ0v) is 12.8. The molecule has 0 spiro atoms. The minimum absolute atomic E-state index is 0.879. The van der Waals surface area contributed by atoms with Crippen LogP contribution in [0.25, 0.3) is 22.3 Å². The van der Waals surface area contributed by atoms with Crippen molar-refractivity contribution in [1.29, 1.82) is 0 Å². The minimum atomic E-state index is 0.879. The van der Waals surface area contributed by atoms with Crippen LogP contribution in [0.15, 0.2) is 72.8 Å². The van der Waals surface area contributed by atoms with Crippen molar-refractivity contribution in [2.24, 2.45) is 0 Å². The smallest absolute Gasteiger partial charge is 0.127 e. The molecule has 0 amide bonds. The second-order valence-electron chi connectivity index (χ2n) is 5.05. The number of hydrogen-bond donors (Lipinski definition) is 1. The molecule has 0 unspecified atom stereocenters. The van der Waals surface area contributed by atoms with Gasteiger partial charge in [-0.05, 0) is 23.3 Å². The fourth-order valence-electron chi connectivity index (χ4n) is 2.76. The highest BCUT2D eigenvalue weighted by molar-refractivity contribution is 5.95. The molecule has 0 aromatic heterocycles. The van der Waals surface area contributed by atoms with Crippen LogP contribution in [0.2, 0.25) is 0 Å². The molecule has 2 nitrogen and oxygen atoms in total. The van der Waals surface area contributed by atoms with Gasteiger partial charge in [0.05, 0.1) is 7.11 Å². The Morgan fingerprint density at radius 2 is 1.23 bits per heavy atom. The van der Waals surface area contributed by atoms with Crippen LogP contribution in [-0.2, 0) is 0 Å². The normalized spacial score (nSPS) is 10.3. The Hall–Kier alpha value is -2.74. The molecule has 0 saturated heterocycles. The number of anilines is 1. The van der Waals surface area contributed by atoms with Gasteiger partial charge in [-0.1, -0.05) is 60.7 Å². The first kappa shape index (κ1) is 14.2. The van der Waals surface area contributed by atoms with Crippen molar-refractivity contribution < 1.29 is 4.74 Å². The van der Waals surface area contributed by atoms with E-state index in [-0.39, 0.29) is 0 Å². The van der Waals surface area contributed by atoms with Gasteiger partial charge in [0.2, 0.25) is 0 Å². The summed E-state index contributed by atoms with van der Waals surface area (Å²) in [6, 6.07) is 24.8. The maximum atomic E-state index is 5.63. The predicted octanol–water partition coefficient (Wildman–Crippen LogP) is 5.07. The van der Waals surface area contributed by atoms with E-state index in [9.17, 15) is 0 Å². The molecule has 0 bridgehead atoms. The lowest BCUT2D eigenvalue weighted by molar-refractivity contribution is 0.416. The molecule has 0 aliphatic heterocycles. The summed E-state index contributed by atoms with van der Waals surface area (Å²) in [5.74, 6) is 0.879. The highest BCUT2D eigenvalue weighted by Gasteiger charge is 2.16. The van der Waals surface area contributed by atoms with Crippen molar-refractivity contribution in [1.82, 2.24) is 0 Å². The molecule has 0 heterocycles. The zero-order valence-electron chi connectivity index (χ0n) is 12.8. The molecule has 2 heteroatoms. The molecule has 22 heavy (non-hydrogen) atoms. The third-order valence-corrected chi connectivity index (χ3v) is 3.78. The van der Waals surface area contributed by atoms with Crippen molar-refractivity contribution in [3.8, 4) is 28.0 Å². The van der Waals surface area contributed by atoms with Crippen molar-refractivity contribution >= 4 is 5.69 Å². The van der Waals surface area contributed by atoms with Crippen LogP contribution >= 0.6 is 0 Å². The first-order chi connectivity index (χ1) is 10.8. The Bertz CT molecular complexity index is 685. The molecule has 1 N–H and O–H groups in total. The lowest BCUT2D eigenvalue weighted by Gasteiger charge is -2.18. The van der Waals surface area contributed by atoms with E-state index in [0.717, 1.165) is 28.1 Å². The fraction of sp³-hybridized carbons (Fsp3) is 0.100. The highest BCUT2D eigenvalue weighted by Crippen LogP contribution is 2.43. The van der Waals surface area contributed by atoms with Crippen LogP contribution in [0.3, 0.4) is 0 Å². The van der Waals surface area contributed by atoms with E-state index in [2.05, 4.69) is 59.9 Å². The lowest BCUT2D eigenvalue weighted by Crippen LogP contribution is -1.97. The largest absolute Gasteiger partial charge is 0.496 e. The van der Waals surface area contributed by atoms with Gasteiger partial charge in [-0.3, -0.25) is 0 Å². The molecule has 0 fully saturated rings. The van der Waals surface area contributed by atoms with Gasteiger partial charge >= 0.3 is 0 Å². The number of nitrogens with one attached hydrogen (secondary N) is 1. The maximum absolute atomic E-state index is 5.63. The predicted molar refractivity (Wildman–Crippen MR) is 93.4 cm³/mol. The maximum Gasteiger partial charge on any atom is 0.127 e. The van der Waals surface area contributed by atoms with E-state index in [1.165, 1.54) is 5.56 Å². The van der Waals surface area contributed by atoms with E-state index < -0.39 is 0 Å². The topological polar surface area (TPSA) is 21.3 Å². The van der Waals surface area contributed by atoms with Crippen LogP contribution in [0.1, 0.15) is 0 Å². The quantitative estimate of drug-likeness (QED) is 0.724. The standard InChI is InChI=1S/C20H19NO/c1-21-17-13-14-18(22-2)20(16-11-7-4-8-12-16)19(17)15-9-5-3-6-10-15/h3-14,21H,1-2H3. The lowest BCUT2D eigenvalue weighted by atomic mass is 9.92. The summed E-state index contributed by atoms with van der Waals surface area (Å²) in [5.41, 5.74) is 5.68. The summed E-state index contributed by atoms with van der Waals surface area (Å²) in [5, 5.41) is 3.30. The Kier molecular flexibility index (Phi) is 4.10. The summed E-state index contributed by atoms with van der Waals surface area (Å²) in [7, 11) is 3.67. The molecular weight excluding hydrogens is 270 g/mol. The van der Waals surface area contributed by atoms with Crippen LogP contribution in [0.4, 0.5) is 5.69 Å². The van der Waals surface area contributed by atoms with Crippen molar-refractivity contribution in [2.45, 2.75) is 0 Å². The van der Waals surface area contributed by atoms with Crippen LogP contribution < -0.4 is 10.1 Å². The van der Waals surface area contributed by atoms with E-state index in [1.54, 1.807) is 7.11 Å². The Morgan fingerprint density at radius 3 is 1.73 bits per heavy atom.